The molecule has 0 saturated carbocycles. The molecule has 1 nitrogen and oxygen atoms in total. The number of para-hydroxylation sites is 1. The normalized spacial score (nSPS) is 13.8. The summed E-state index contributed by atoms with van der Waals surface area (Å²) in [6.45, 7) is 11.0. The molecule has 0 heterocycles. The van der Waals surface area contributed by atoms with E-state index in [1.807, 2.05) is 18.2 Å². The third-order valence-electron chi connectivity index (χ3n) is 4.32. The van der Waals surface area contributed by atoms with E-state index < -0.39 is 0 Å². The van der Waals surface area contributed by atoms with Gasteiger partial charge < -0.3 is 5.11 Å². The highest BCUT2D eigenvalue weighted by molar-refractivity contribution is 5.33. The van der Waals surface area contributed by atoms with Crippen molar-refractivity contribution in [3.05, 3.63) is 64.8 Å². The van der Waals surface area contributed by atoms with Crippen molar-refractivity contribution in [2.24, 2.45) is 5.92 Å². The molecular weight excluding hydrogens is 280 g/mol. The van der Waals surface area contributed by atoms with Crippen molar-refractivity contribution in [2.45, 2.75) is 60.3 Å². The molecule has 0 aliphatic carbocycles. The summed E-state index contributed by atoms with van der Waals surface area (Å²) in [5.74, 6) is 0.929. The van der Waals surface area contributed by atoms with Crippen LogP contribution in [0.3, 0.4) is 0 Å². The van der Waals surface area contributed by atoms with Crippen molar-refractivity contribution < 1.29 is 5.11 Å². The minimum Gasteiger partial charge on any atom is -0.508 e. The van der Waals surface area contributed by atoms with Crippen LogP contribution in [0.5, 0.6) is 5.75 Å². The first-order chi connectivity index (χ1) is 10.9. The number of allylic oxidation sites excluding steroid dienone is 6. The predicted octanol–water partition coefficient (Wildman–Crippen LogP) is 6.60. The quantitative estimate of drug-likeness (QED) is 0.536. The van der Waals surface area contributed by atoms with Gasteiger partial charge in [0, 0.05) is 0 Å². The van der Waals surface area contributed by atoms with Gasteiger partial charge in [0.15, 0.2) is 0 Å². The number of hydrogen-bond donors (Lipinski definition) is 1. The summed E-state index contributed by atoms with van der Waals surface area (Å²) in [7, 11) is 0. The number of phenolic OH excluding ortho intramolecular Hbond substituents is 1. The second-order valence-corrected chi connectivity index (χ2v) is 6.79. The molecule has 0 bridgehead atoms. The maximum absolute atomic E-state index is 9.82. The molecule has 0 radical (unpaired) electrons. The summed E-state index contributed by atoms with van der Waals surface area (Å²) in [6, 6.07) is 7.57. The summed E-state index contributed by atoms with van der Waals surface area (Å²) in [5.41, 5.74) is 5.26. The second-order valence-electron chi connectivity index (χ2n) is 6.79. The zero-order valence-electron chi connectivity index (χ0n) is 15.4. The Morgan fingerprint density at radius 2 is 1.74 bits per heavy atom. The van der Waals surface area contributed by atoms with E-state index in [2.05, 4.69) is 52.8 Å². The Labute approximate surface area is 142 Å². The molecule has 1 unspecified atom stereocenters. The van der Waals surface area contributed by atoms with Crippen molar-refractivity contribution in [2.75, 3.05) is 0 Å². The van der Waals surface area contributed by atoms with Gasteiger partial charge in [-0.15, -0.1) is 0 Å². The lowest BCUT2D eigenvalue weighted by atomic mass is 9.95. The highest BCUT2D eigenvalue weighted by Gasteiger charge is 2.04. The summed E-state index contributed by atoms with van der Waals surface area (Å²) in [6.07, 6.45) is 11.1. The van der Waals surface area contributed by atoms with Gasteiger partial charge in [0.2, 0.25) is 0 Å². The summed E-state index contributed by atoms with van der Waals surface area (Å²) < 4.78 is 0. The summed E-state index contributed by atoms with van der Waals surface area (Å²) in [5, 5.41) is 9.82. The highest BCUT2D eigenvalue weighted by atomic mass is 16.3. The van der Waals surface area contributed by atoms with Gasteiger partial charge in [-0.1, -0.05) is 60.1 Å². The molecule has 0 fully saturated rings. The fraction of sp³-hybridized carbons (Fsp3) is 0.455. The molecule has 1 N–H and O–H groups in total. The molecule has 1 atom stereocenters. The van der Waals surface area contributed by atoms with Crippen LogP contribution in [0.25, 0.3) is 0 Å². The Kier molecular flexibility index (Phi) is 8.47. The smallest absolute Gasteiger partial charge is 0.119 e. The van der Waals surface area contributed by atoms with Crippen LogP contribution in [-0.4, -0.2) is 5.11 Å². The first-order valence-electron chi connectivity index (χ1n) is 8.62. The molecule has 23 heavy (non-hydrogen) atoms. The van der Waals surface area contributed by atoms with E-state index >= 15 is 0 Å². The SMILES string of the molecule is CC(C)=CCC/C(C)=C/CC(C)/C(C)=C/Cc1ccccc1O. The van der Waals surface area contributed by atoms with Gasteiger partial charge in [-0.25, -0.2) is 0 Å². The molecule has 0 aliphatic heterocycles. The van der Waals surface area contributed by atoms with Crippen molar-refractivity contribution in [1.82, 2.24) is 0 Å². The van der Waals surface area contributed by atoms with Gasteiger partial charge in [0.05, 0.1) is 0 Å². The molecule has 1 aromatic rings. The summed E-state index contributed by atoms with van der Waals surface area (Å²) >= 11 is 0. The Balaban J connectivity index is 2.50. The van der Waals surface area contributed by atoms with Gasteiger partial charge in [-0.2, -0.15) is 0 Å². The number of hydrogen-bond acceptors (Lipinski definition) is 1. The monoisotopic (exact) mass is 312 g/mol. The average molecular weight is 312 g/mol. The van der Waals surface area contributed by atoms with Gasteiger partial charge in [-0.05, 0) is 70.9 Å². The lowest BCUT2D eigenvalue weighted by Crippen LogP contribution is -1.96. The minimum absolute atomic E-state index is 0.388. The van der Waals surface area contributed by atoms with Crippen molar-refractivity contribution >= 4 is 0 Å². The zero-order chi connectivity index (χ0) is 17.2. The van der Waals surface area contributed by atoms with E-state index in [-0.39, 0.29) is 0 Å². The summed E-state index contributed by atoms with van der Waals surface area (Å²) in [4.78, 5) is 0. The lowest BCUT2D eigenvalue weighted by Gasteiger charge is -2.11. The van der Waals surface area contributed by atoms with Crippen LogP contribution in [0.4, 0.5) is 0 Å². The van der Waals surface area contributed by atoms with Crippen LogP contribution in [0, 0.1) is 5.92 Å². The highest BCUT2D eigenvalue weighted by Crippen LogP contribution is 2.21. The average Bonchev–Trinajstić information content (AvgIpc) is 2.51. The first kappa shape index (κ1) is 19.3. The molecule has 0 aromatic heterocycles. The van der Waals surface area contributed by atoms with Crippen LogP contribution in [0.15, 0.2) is 59.2 Å². The molecule has 1 rings (SSSR count). The van der Waals surface area contributed by atoms with Gasteiger partial charge >= 0.3 is 0 Å². The topological polar surface area (TPSA) is 20.2 Å². The number of phenols is 1. The third-order valence-corrected chi connectivity index (χ3v) is 4.32. The van der Waals surface area contributed by atoms with E-state index in [1.165, 1.54) is 16.7 Å². The molecule has 0 amide bonds. The van der Waals surface area contributed by atoms with E-state index in [1.54, 1.807) is 6.07 Å². The number of benzene rings is 1. The van der Waals surface area contributed by atoms with E-state index in [0.717, 1.165) is 31.2 Å². The van der Waals surface area contributed by atoms with Crippen LogP contribution < -0.4 is 0 Å². The third kappa shape index (κ3) is 7.88. The largest absolute Gasteiger partial charge is 0.508 e. The Bertz CT molecular complexity index is 571. The van der Waals surface area contributed by atoms with Crippen LogP contribution in [-0.2, 0) is 6.42 Å². The molecular formula is C22H32O. The maximum atomic E-state index is 9.82. The minimum atomic E-state index is 0.388. The molecule has 126 valence electrons. The van der Waals surface area contributed by atoms with Crippen molar-refractivity contribution in [1.29, 1.82) is 0 Å². The van der Waals surface area contributed by atoms with Crippen molar-refractivity contribution in [3.8, 4) is 5.75 Å². The zero-order valence-corrected chi connectivity index (χ0v) is 15.4. The number of rotatable bonds is 8. The predicted molar refractivity (Wildman–Crippen MR) is 102 cm³/mol. The van der Waals surface area contributed by atoms with Crippen LogP contribution >= 0.6 is 0 Å². The van der Waals surface area contributed by atoms with Crippen LogP contribution in [0.2, 0.25) is 0 Å². The Morgan fingerprint density at radius 3 is 2.39 bits per heavy atom. The molecule has 1 heteroatoms. The molecule has 0 spiro atoms. The Morgan fingerprint density at radius 1 is 1.04 bits per heavy atom. The maximum Gasteiger partial charge on any atom is 0.119 e. The molecule has 0 aliphatic rings. The van der Waals surface area contributed by atoms with E-state index in [4.69, 9.17) is 0 Å². The molecule has 0 saturated heterocycles. The lowest BCUT2D eigenvalue weighted by molar-refractivity contribution is 0.469. The van der Waals surface area contributed by atoms with Crippen molar-refractivity contribution in [3.63, 3.8) is 0 Å². The number of aromatic hydroxyl groups is 1. The van der Waals surface area contributed by atoms with E-state index in [9.17, 15) is 5.11 Å². The van der Waals surface area contributed by atoms with Gasteiger partial charge in [0.1, 0.15) is 5.75 Å². The fourth-order valence-electron chi connectivity index (χ4n) is 2.41. The standard InChI is InChI=1S/C22H32O/c1-17(2)9-8-10-18(3)13-14-19(4)20(5)15-16-21-11-6-7-12-22(21)23/h6-7,9,11-13,15,19,23H,8,10,14,16H2,1-5H3/b18-13+,20-15+. The Hall–Kier alpha value is -1.76. The van der Waals surface area contributed by atoms with Gasteiger partial charge in [-0.3, -0.25) is 0 Å². The molecule has 1 aromatic carbocycles. The first-order valence-corrected chi connectivity index (χ1v) is 8.62. The van der Waals surface area contributed by atoms with E-state index in [0.29, 0.717) is 11.7 Å². The van der Waals surface area contributed by atoms with Gasteiger partial charge in [0.25, 0.3) is 0 Å². The van der Waals surface area contributed by atoms with Crippen LogP contribution in [0.1, 0.15) is 59.4 Å². The fourth-order valence-corrected chi connectivity index (χ4v) is 2.41. The second kappa shape index (κ2) is 10.1.